The molecule has 0 spiro atoms. The molecule has 1 aliphatic heterocycles. The van der Waals surface area contributed by atoms with Crippen LogP contribution in [0.4, 0.5) is 0 Å². The fraction of sp³-hybridized carbons (Fsp3) is 1.00. The molecule has 1 saturated heterocycles. The van der Waals surface area contributed by atoms with Crippen LogP contribution in [-0.4, -0.2) is 44.0 Å². The lowest BCUT2D eigenvalue weighted by Gasteiger charge is -2.37. The molecule has 0 aliphatic carbocycles. The summed E-state index contributed by atoms with van der Waals surface area (Å²) in [6, 6.07) is 0.539. The van der Waals surface area contributed by atoms with Gasteiger partial charge in [-0.25, -0.2) is 0 Å². The van der Waals surface area contributed by atoms with E-state index in [-0.39, 0.29) is 12.4 Å². The maximum atomic E-state index is 5.74. The molecule has 1 heterocycles. The lowest BCUT2D eigenvalue weighted by Crippen LogP contribution is -2.45. The first-order valence-electron chi connectivity index (χ1n) is 5.08. The molecule has 0 N–H and O–H groups in total. The van der Waals surface area contributed by atoms with Crippen molar-refractivity contribution in [2.75, 3.05) is 20.7 Å². The summed E-state index contributed by atoms with van der Waals surface area (Å²) < 4.78 is 11.2. The zero-order valence-corrected chi connectivity index (χ0v) is 9.12. The first-order valence-corrected chi connectivity index (χ1v) is 5.08. The van der Waals surface area contributed by atoms with Crippen LogP contribution in [0.15, 0.2) is 0 Å². The van der Waals surface area contributed by atoms with E-state index in [2.05, 4.69) is 25.9 Å². The second-order valence-corrected chi connectivity index (χ2v) is 3.83. The molecule has 3 unspecified atom stereocenters. The highest BCUT2D eigenvalue weighted by atomic mass is 16.7. The van der Waals surface area contributed by atoms with E-state index < -0.39 is 0 Å². The number of rotatable bonds is 3. The molecular formula is C10H21NO2. The van der Waals surface area contributed by atoms with Gasteiger partial charge in [-0.15, -0.1) is 0 Å². The molecule has 0 aromatic heterocycles. The Hall–Kier alpha value is -0.120. The van der Waals surface area contributed by atoms with Gasteiger partial charge in [0.1, 0.15) is 0 Å². The first kappa shape index (κ1) is 11.0. The van der Waals surface area contributed by atoms with Gasteiger partial charge in [-0.2, -0.15) is 0 Å². The largest absolute Gasteiger partial charge is 0.353 e. The Balaban J connectivity index is 2.37. The molecule has 0 aromatic carbocycles. The van der Waals surface area contributed by atoms with Gasteiger partial charge in [0.25, 0.3) is 0 Å². The fourth-order valence-corrected chi connectivity index (χ4v) is 1.93. The van der Waals surface area contributed by atoms with Crippen molar-refractivity contribution in [2.45, 2.75) is 45.1 Å². The molecule has 0 aromatic rings. The smallest absolute Gasteiger partial charge is 0.158 e. The lowest BCUT2D eigenvalue weighted by atomic mass is 10.0. The maximum absolute atomic E-state index is 5.74. The number of ether oxygens (including phenoxy) is 2. The SMILES string of the molecule is CCOC1CCC(N(C)C)C(C)O1. The van der Waals surface area contributed by atoms with Crippen LogP contribution in [-0.2, 0) is 9.47 Å². The van der Waals surface area contributed by atoms with E-state index in [1.165, 1.54) is 6.42 Å². The summed E-state index contributed by atoms with van der Waals surface area (Å²) in [6.45, 7) is 4.87. The van der Waals surface area contributed by atoms with Gasteiger partial charge >= 0.3 is 0 Å². The molecule has 3 heteroatoms. The third kappa shape index (κ3) is 2.93. The summed E-state index contributed by atoms with van der Waals surface area (Å²) in [4.78, 5) is 2.23. The van der Waals surface area contributed by atoms with Crippen molar-refractivity contribution < 1.29 is 9.47 Å². The molecule has 3 nitrogen and oxygen atoms in total. The van der Waals surface area contributed by atoms with E-state index in [1.807, 2.05) is 6.92 Å². The minimum Gasteiger partial charge on any atom is -0.353 e. The van der Waals surface area contributed by atoms with Gasteiger partial charge in [0.05, 0.1) is 6.10 Å². The number of hydrogen-bond donors (Lipinski definition) is 0. The molecule has 0 saturated carbocycles. The van der Waals surface area contributed by atoms with Gasteiger partial charge in [0.2, 0.25) is 0 Å². The molecule has 13 heavy (non-hydrogen) atoms. The van der Waals surface area contributed by atoms with Crippen molar-refractivity contribution in [3.05, 3.63) is 0 Å². The highest BCUT2D eigenvalue weighted by Gasteiger charge is 2.29. The highest BCUT2D eigenvalue weighted by Crippen LogP contribution is 2.22. The molecular weight excluding hydrogens is 166 g/mol. The average molecular weight is 187 g/mol. The molecule has 78 valence electrons. The summed E-state index contributed by atoms with van der Waals surface area (Å²) in [5.41, 5.74) is 0. The minimum atomic E-state index is 0.0243. The van der Waals surface area contributed by atoms with Crippen LogP contribution in [0.1, 0.15) is 26.7 Å². The third-order valence-electron chi connectivity index (χ3n) is 2.62. The number of likely N-dealkylation sites (N-methyl/N-ethyl adjacent to an activating group) is 1. The monoisotopic (exact) mass is 187 g/mol. The van der Waals surface area contributed by atoms with Gasteiger partial charge in [0, 0.05) is 12.6 Å². The Morgan fingerprint density at radius 2 is 2.08 bits per heavy atom. The topological polar surface area (TPSA) is 21.7 Å². The van der Waals surface area contributed by atoms with Crippen LogP contribution in [0.3, 0.4) is 0 Å². The molecule has 0 amide bonds. The van der Waals surface area contributed by atoms with Crippen LogP contribution in [0, 0.1) is 0 Å². The second-order valence-electron chi connectivity index (χ2n) is 3.83. The average Bonchev–Trinajstić information content (AvgIpc) is 2.04. The van der Waals surface area contributed by atoms with Gasteiger partial charge in [-0.3, -0.25) is 0 Å². The van der Waals surface area contributed by atoms with Gasteiger partial charge in [-0.05, 0) is 40.8 Å². The van der Waals surface area contributed by atoms with Crippen molar-refractivity contribution in [1.29, 1.82) is 0 Å². The molecule has 0 radical (unpaired) electrons. The van der Waals surface area contributed by atoms with Crippen LogP contribution >= 0.6 is 0 Å². The van der Waals surface area contributed by atoms with Crippen molar-refractivity contribution in [3.63, 3.8) is 0 Å². The van der Waals surface area contributed by atoms with E-state index in [0.717, 1.165) is 13.0 Å². The molecule has 1 aliphatic rings. The molecule has 0 bridgehead atoms. The Kier molecular flexibility index (Phi) is 4.16. The van der Waals surface area contributed by atoms with Gasteiger partial charge in [0.15, 0.2) is 6.29 Å². The first-order chi connectivity index (χ1) is 6.15. The van der Waals surface area contributed by atoms with Crippen molar-refractivity contribution >= 4 is 0 Å². The number of hydrogen-bond acceptors (Lipinski definition) is 3. The zero-order valence-electron chi connectivity index (χ0n) is 9.12. The van der Waals surface area contributed by atoms with E-state index in [0.29, 0.717) is 6.04 Å². The minimum absolute atomic E-state index is 0.0243. The highest BCUT2D eigenvalue weighted by molar-refractivity contribution is 4.78. The predicted octanol–water partition coefficient (Wildman–Crippen LogP) is 1.48. The maximum Gasteiger partial charge on any atom is 0.158 e. The Morgan fingerprint density at radius 3 is 2.54 bits per heavy atom. The predicted molar refractivity (Wildman–Crippen MR) is 52.7 cm³/mol. The summed E-state index contributed by atoms with van der Waals surface area (Å²) in [5, 5.41) is 0. The normalized spacial score (nSPS) is 35.3. The van der Waals surface area contributed by atoms with Crippen molar-refractivity contribution in [3.8, 4) is 0 Å². The Morgan fingerprint density at radius 1 is 1.38 bits per heavy atom. The van der Waals surface area contributed by atoms with Crippen LogP contribution in [0.2, 0.25) is 0 Å². The quantitative estimate of drug-likeness (QED) is 0.668. The Labute approximate surface area is 81.0 Å². The number of nitrogens with zero attached hydrogens (tertiary/aromatic N) is 1. The third-order valence-corrected chi connectivity index (χ3v) is 2.62. The summed E-state index contributed by atoms with van der Waals surface area (Å²) in [6.07, 6.45) is 2.48. The van der Waals surface area contributed by atoms with E-state index in [9.17, 15) is 0 Å². The Bertz CT molecular complexity index is 150. The van der Waals surface area contributed by atoms with Crippen LogP contribution in [0.5, 0.6) is 0 Å². The molecule has 1 fully saturated rings. The van der Waals surface area contributed by atoms with Crippen molar-refractivity contribution in [1.82, 2.24) is 4.90 Å². The van der Waals surface area contributed by atoms with Crippen LogP contribution < -0.4 is 0 Å². The summed E-state index contributed by atoms with van der Waals surface area (Å²) in [5.74, 6) is 0. The van der Waals surface area contributed by atoms with Gasteiger partial charge < -0.3 is 14.4 Å². The zero-order chi connectivity index (χ0) is 9.84. The van der Waals surface area contributed by atoms with Crippen molar-refractivity contribution in [2.24, 2.45) is 0 Å². The van der Waals surface area contributed by atoms with E-state index in [1.54, 1.807) is 0 Å². The molecule has 1 rings (SSSR count). The van der Waals surface area contributed by atoms with E-state index >= 15 is 0 Å². The lowest BCUT2D eigenvalue weighted by molar-refractivity contribution is -0.203. The summed E-state index contributed by atoms with van der Waals surface area (Å²) in [7, 11) is 4.21. The standard InChI is InChI=1S/C10H21NO2/c1-5-12-10-7-6-9(11(3)4)8(2)13-10/h8-10H,5-7H2,1-4H3. The second kappa shape index (κ2) is 4.94. The summed E-state index contributed by atoms with van der Waals surface area (Å²) >= 11 is 0. The molecule has 3 atom stereocenters. The van der Waals surface area contributed by atoms with Crippen LogP contribution in [0.25, 0.3) is 0 Å². The van der Waals surface area contributed by atoms with E-state index in [4.69, 9.17) is 9.47 Å². The fourth-order valence-electron chi connectivity index (χ4n) is 1.93. The van der Waals surface area contributed by atoms with Gasteiger partial charge in [-0.1, -0.05) is 0 Å².